The van der Waals surface area contributed by atoms with Gasteiger partial charge in [0.2, 0.25) is 5.91 Å². The van der Waals surface area contributed by atoms with Crippen molar-refractivity contribution in [1.29, 1.82) is 0 Å². The number of nitrogens with one attached hydrogen (secondary N) is 1. The molecular weight excluding hydrogens is 256 g/mol. The summed E-state index contributed by atoms with van der Waals surface area (Å²) in [7, 11) is -3.09. The highest BCUT2D eigenvalue weighted by Crippen LogP contribution is 2.22. The number of piperidine rings is 1. The number of aliphatic hydroxyl groups excluding tert-OH is 1. The highest BCUT2D eigenvalue weighted by atomic mass is 32.2. The van der Waals surface area contributed by atoms with Crippen LogP contribution in [0.2, 0.25) is 0 Å². The van der Waals surface area contributed by atoms with Crippen LogP contribution in [0.3, 0.4) is 0 Å². The second kappa shape index (κ2) is 5.14. The third-order valence-corrected chi connectivity index (χ3v) is 5.40. The predicted octanol–water partition coefficient (Wildman–Crippen LogP) is -1.26. The zero-order chi connectivity index (χ0) is 13.3. The van der Waals surface area contributed by atoms with Gasteiger partial charge in [0, 0.05) is 26.1 Å². The van der Waals surface area contributed by atoms with Crippen molar-refractivity contribution >= 4 is 15.7 Å². The van der Waals surface area contributed by atoms with E-state index in [4.69, 9.17) is 0 Å². The van der Waals surface area contributed by atoms with Crippen LogP contribution in [0, 0.1) is 0 Å². The Labute approximate surface area is 107 Å². The van der Waals surface area contributed by atoms with E-state index >= 15 is 0 Å². The smallest absolute Gasteiger partial charge is 0.217 e. The molecule has 2 unspecified atom stereocenters. The number of rotatable bonds is 2. The maximum Gasteiger partial charge on any atom is 0.217 e. The van der Waals surface area contributed by atoms with Gasteiger partial charge in [-0.1, -0.05) is 0 Å². The fourth-order valence-electron chi connectivity index (χ4n) is 2.82. The van der Waals surface area contributed by atoms with E-state index in [0.29, 0.717) is 0 Å². The van der Waals surface area contributed by atoms with Crippen LogP contribution >= 0.6 is 0 Å². The maximum absolute atomic E-state index is 11.5. The lowest BCUT2D eigenvalue weighted by Gasteiger charge is -2.36. The number of likely N-dealkylation sites (tertiary alicyclic amines) is 1. The third kappa shape index (κ3) is 3.21. The lowest BCUT2D eigenvalue weighted by molar-refractivity contribution is -0.120. The molecule has 2 saturated heterocycles. The topological polar surface area (TPSA) is 86.7 Å². The second-order valence-corrected chi connectivity index (χ2v) is 7.38. The van der Waals surface area contributed by atoms with Gasteiger partial charge in [-0.15, -0.1) is 0 Å². The van der Waals surface area contributed by atoms with Gasteiger partial charge in [0.05, 0.1) is 23.7 Å². The molecular formula is C11H20N2O4S. The molecule has 0 aromatic heterocycles. The van der Waals surface area contributed by atoms with Gasteiger partial charge >= 0.3 is 0 Å². The summed E-state index contributed by atoms with van der Waals surface area (Å²) in [6.45, 7) is 2.95. The Morgan fingerprint density at radius 3 is 2.33 bits per heavy atom. The zero-order valence-electron chi connectivity index (χ0n) is 10.5. The maximum atomic E-state index is 11.5. The summed E-state index contributed by atoms with van der Waals surface area (Å²) in [6.07, 6.45) is 0.846. The molecule has 2 aliphatic rings. The second-order valence-electron chi connectivity index (χ2n) is 5.22. The molecule has 0 saturated carbocycles. The molecule has 2 aliphatic heterocycles. The van der Waals surface area contributed by atoms with Gasteiger partial charge in [0.15, 0.2) is 9.84 Å². The van der Waals surface area contributed by atoms with Crippen molar-refractivity contribution in [1.82, 2.24) is 10.2 Å². The number of amides is 1. The molecule has 0 aromatic carbocycles. The van der Waals surface area contributed by atoms with Crippen LogP contribution in [0.5, 0.6) is 0 Å². The summed E-state index contributed by atoms with van der Waals surface area (Å²) in [5.74, 6) is -0.0978. The van der Waals surface area contributed by atoms with E-state index in [1.54, 1.807) is 0 Å². The molecule has 0 aliphatic carbocycles. The van der Waals surface area contributed by atoms with E-state index in [1.807, 2.05) is 4.90 Å². The Morgan fingerprint density at radius 2 is 1.89 bits per heavy atom. The molecule has 0 radical (unpaired) electrons. The fraction of sp³-hybridized carbons (Fsp3) is 0.909. The van der Waals surface area contributed by atoms with Gasteiger partial charge < -0.3 is 10.4 Å². The van der Waals surface area contributed by atoms with Crippen LogP contribution in [-0.4, -0.2) is 67.1 Å². The first-order chi connectivity index (χ1) is 8.37. The number of nitrogens with zero attached hydrogens (tertiary/aromatic N) is 1. The summed E-state index contributed by atoms with van der Waals surface area (Å²) in [4.78, 5) is 13.0. The number of hydrogen-bond donors (Lipinski definition) is 2. The van der Waals surface area contributed by atoms with Gasteiger partial charge in [-0.05, 0) is 12.8 Å². The molecule has 18 heavy (non-hydrogen) atoms. The predicted molar refractivity (Wildman–Crippen MR) is 66.9 cm³/mol. The first-order valence-electron chi connectivity index (χ1n) is 6.27. The van der Waals surface area contributed by atoms with Crippen molar-refractivity contribution in [3.05, 3.63) is 0 Å². The average Bonchev–Trinajstić information content (AvgIpc) is 2.52. The summed E-state index contributed by atoms with van der Waals surface area (Å²) in [5.41, 5.74) is 0. The fourth-order valence-corrected chi connectivity index (χ4v) is 4.65. The Balaban J connectivity index is 1.88. The molecule has 0 aromatic rings. The Kier molecular flexibility index (Phi) is 3.93. The molecule has 6 nitrogen and oxygen atoms in total. The van der Waals surface area contributed by atoms with Crippen LogP contribution in [-0.2, 0) is 14.6 Å². The van der Waals surface area contributed by atoms with Gasteiger partial charge in [0.25, 0.3) is 0 Å². The Bertz CT molecular complexity index is 415. The van der Waals surface area contributed by atoms with E-state index in [-0.39, 0.29) is 29.5 Å². The highest BCUT2D eigenvalue weighted by Gasteiger charge is 2.40. The SMILES string of the molecule is CC(=O)NC1CCN(C2CS(=O)(=O)CC2O)CC1. The minimum absolute atomic E-state index is 0.0306. The van der Waals surface area contributed by atoms with Crippen molar-refractivity contribution in [3.8, 4) is 0 Å². The minimum atomic E-state index is -3.09. The van der Waals surface area contributed by atoms with Crippen LogP contribution in [0.1, 0.15) is 19.8 Å². The van der Waals surface area contributed by atoms with Crippen LogP contribution in [0.15, 0.2) is 0 Å². The van der Waals surface area contributed by atoms with Crippen molar-refractivity contribution in [2.75, 3.05) is 24.6 Å². The molecule has 0 bridgehead atoms. The molecule has 104 valence electrons. The molecule has 2 N–H and O–H groups in total. The quantitative estimate of drug-likeness (QED) is 0.658. The van der Waals surface area contributed by atoms with Crippen molar-refractivity contribution in [2.24, 2.45) is 0 Å². The van der Waals surface area contributed by atoms with Crippen LogP contribution in [0.4, 0.5) is 0 Å². The molecule has 2 atom stereocenters. The number of hydrogen-bond acceptors (Lipinski definition) is 5. The molecule has 0 spiro atoms. The summed E-state index contributed by atoms with van der Waals surface area (Å²) in [5, 5.41) is 12.7. The standard InChI is InChI=1S/C11H20N2O4S/c1-8(14)12-9-2-4-13(5-3-9)10-6-18(16,17)7-11(10)15/h9-11,15H,2-7H2,1H3,(H,12,14). The average molecular weight is 276 g/mol. The third-order valence-electron chi connectivity index (χ3n) is 3.70. The summed E-state index contributed by atoms with van der Waals surface area (Å²) in [6, 6.07) is -0.0952. The number of carbonyl (C=O) groups is 1. The Morgan fingerprint density at radius 1 is 1.28 bits per heavy atom. The lowest BCUT2D eigenvalue weighted by atomic mass is 10.0. The monoisotopic (exact) mass is 276 g/mol. The lowest BCUT2D eigenvalue weighted by Crippen LogP contribution is -2.51. The number of sulfone groups is 1. The number of aliphatic hydroxyl groups is 1. The first-order valence-corrected chi connectivity index (χ1v) is 8.09. The molecule has 2 rings (SSSR count). The van der Waals surface area contributed by atoms with E-state index < -0.39 is 15.9 Å². The van der Waals surface area contributed by atoms with Gasteiger partial charge in [-0.2, -0.15) is 0 Å². The van der Waals surface area contributed by atoms with E-state index in [0.717, 1.165) is 25.9 Å². The van der Waals surface area contributed by atoms with Crippen LogP contribution < -0.4 is 5.32 Å². The highest BCUT2D eigenvalue weighted by molar-refractivity contribution is 7.91. The Hall–Kier alpha value is -0.660. The first kappa shape index (κ1) is 13.8. The van der Waals surface area contributed by atoms with Gasteiger partial charge in [0.1, 0.15) is 0 Å². The van der Waals surface area contributed by atoms with E-state index in [9.17, 15) is 18.3 Å². The number of carbonyl (C=O) groups excluding carboxylic acids is 1. The van der Waals surface area contributed by atoms with E-state index in [1.165, 1.54) is 6.92 Å². The van der Waals surface area contributed by atoms with Crippen molar-refractivity contribution < 1.29 is 18.3 Å². The van der Waals surface area contributed by atoms with Gasteiger partial charge in [-0.3, -0.25) is 9.69 Å². The molecule has 2 fully saturated rings. The minimum Gasteiger partial charge on any atom is -0.390 e. The van der Waals surface area contributed by atoms with E-state index in [2.05, 4.69) is 5.32 Å². The molecule has 1 amide bonds. The van der Waals surface area contributed by atoms with Crippen molar-refractivity contribution in [3.63, 3.8) is 0 Å². The zero-order valence-corrected chi connectivity index (χ0v) is 11.3. The van der Waals surface area contributed by atoms with Crippen LogP contribution in [0.25, 0.3) is 0 Å². The molecule has 7 heteroatoms. The molecule has 2 heterocycles. The van der Waals surface area contributed by atoms with Crippen molar-refractivity contribution in [2.45, 2.75) is 38.0 Å². The summed E-state index contributed by atoms with van der Waals surface area (Å²) >= 11 is 0. The summed E-state index contributed by atoms with van der Waals surface area (Å²) < 4.78 is 22.9. The van der Waals surface area contributed by atoms with Gasteiger partial charge in [-0.25, -0.2) is 8.42 Å². The largest absolute Gasteiger partial charge is 0.390 e. The normalized spacial score (nSPS) is 33.4.